The number of aromatic nitrogens is 3. The highest BCUT2D eigenvalue weighted by molar-refractivity contribution is 6.04. The van der Waals surface area contributed by atoms with E-state index < -0.39 is 0 Å². The maximum Gasteiger partial charge on any atom is 0.257 e. The van der Waals surface area contributed by atoms with Crippen molar-refractivity contribution in [2.24, 2.45) is 0 Å². The zero-order valence-electron chi connectivity index (χ0n) is 20.6. The Kier molecular flexibility index (Phi) is 8.29. The summed E-state index contributed by atoms with van der Waals surface area (Å²) < 4.78 is 0. The fourth-order valence-corrected chi connectivity index (χ4v) is 4.09. The van der Waals surface area contributed by atoms with Crippen LogP contribution < -0.4 is 5.32 Å². The summed E-state index contributed by atoms with van der Waals surface area (Å²) >= 11 is 0. The first-order valence-electron chi connectivity index (χ1n) is 12.2. The lowest BCUT2D eigenvalue weighted by molar-refractivity contribution is -0.118. The first kappa shape index (κ1) is 24.9. The molecule has 2 heterocycles. The molecule has 0 saturated heterocycles. The molecule has 2 aromatic heterocycles. The lowest BCUT2D eigenvalue weighted by atomic mass is 9.95. The minimum Gasteiger partial charge on any atom is -0.322 e. The second-order valence-electron chi connectivity index (χ2n) is 8.98. The van der Waals surface area contributed by atoms with Crippen molar-refractivity contribution < 1.29 is 9.59 Å². The minimum absolute atomic E-state index is 0.178. The Morgan fingerprint density at radius 3 is 2.53 bits per heavy atom. The third kappa shape index (κ3) is 6.69. The Bertz CT molecular complexity index is 1320. The third-order valence-corrected chi connectivity index (χ3v) is 6.02. The summed E-state index contributed by atoms with van der Waals surface area (Å²) in [4.78, 5) is 37.7. The van der Waals surface area contributed by atoms with Crippen LogP contribution in [-0.4, -0.2) is 26.6 Å². The molecule has 4 rings (SSSR count). The van der Waals surface area contributed by atoms with E-state index in [-0.39, 0.29) is 17.6 Å². The number of rotatable bonds is 10. The number of benzene rings is 2. The van der Waals surface area contributed by atoms with E-state index in [0.717, 1.165) is 40.2 Å². The van der Waals surface area contributed by atoms with Gasteiger partial charge in [0.2, 0.25) is 0 Å². The average Bonchev–Trinajstić information content (AvgIpc) is 2.90. The van der Waals surface area contributed by atoms with Crippen LogP contribution in [0.4, 0.5) is 5.69 Å². The molecule has 2 aromatic carbocycles. The molecule has 0 aliphatic carbocycles. The van der Waals surface area contributed by atoms with Crippen molar-refractivity contribution in [3.8, 4) is 11.3 Å². The molecule has 4 aromatic rings. The standard InChI is InChI=1S/C30H30N4O2/c1-3-6-28(35)16-22-10-12-23(13-11-22)29-20-32-19-27(33-29)15-21(2)24-7-4-9-26(17-24)34-30(36)25-8-5-14-31-18-25/h4-5,7-14,17-21H,3,6,15-16H2,1-2H3,(H,34,36)/t21-/m1/s1. The van der Waals surface area contributed by atoms with Crippen LogP contribution >= 0.6 is 0 Å². The predicted molar refractivity (Wildman–Crippen MR) is 142 cm³/mol. The molecule has 0 bridgehead atoms. The summed E-state index contributed by atoms with van der Waals surface area (Å²) in [5.41, 5.74) is 6.06. The molecule has 1 atom stereocenters. The van der Waals surface area contributed by atoms with Crippen molar-refractivity contribution in [3.05, 3.63) is 108 Å². The van der Waals surface area contributed by atoms with Gasteiger partial charge in [-0.15, -0.1) is 0 Å². The van der Waals surface area contributed by atoms with Gasteiger partial charge in [0.05, 0.1) is 23.1 Å². The molecular weight excluding hydrogens is 448 g/mol. The van der Waals surface area contributed by atoms with Gasteiger partial charge in [0, 0.05) is 42.7 Å². The number of ketones is 1. The Labute approximate surface area is 211 Å². The van der Waals surface area contributed by atoms with E-state index in [1.165, 1.54) is 0 Å². The van der Waals surface area contributed by atoms with Crippen molar-refractivity contribution in [3.63, 3.8) is 0 Å². The number of carbonyl (C=O) groups excluding carboxylic acids is 2. The Hall–Kier alpha value is -4.19. The van der Waals surface area contributed by atoms with Crippen LogP contribution in [0.25, 0.3) is 11.3 Å². The fourth-order valence-electron chi connectivity index (χ4n) is 4.09. The fraction of sp³-hybridized carbons (Fsp3) is 0.233. The van der Waals surface area contributed by atoms with Gasteiger partial charge in [-0.1, -0.05) is 50.2 Å². The smallest absolute Gasteiger partial charge is 0.257 e. The van der Waals surface area contributed by atoms with Crippen LogP contribution in [0.5, 0.6) is 0 Å². The van der Waals surface area contributed by atoms with Crippen molar-refractivity contribution in [2.45, 2.75) is 45.4 Å². The van der Waals surface area contributed by atoms with E-state index in [1.54, 1.807) is 36.9 Å². The Balaban J connectivity index is 1.42. The van der Waals surface area contributed by atoms with E-state index >= 15 is 0 Å². The molecule has 182 valence electrons. The number of hydrogen-bond acceptors (Lipinski definition) is 5. The quantitative estimate of drug-likeness (QED) is 0.300. The number of Topliss-reactive ketones (excluding diaryl/α,β-unsaturated/α-hetero) is 1. The number of amides is 1. The van der Waals surface area contributed by atoms with Gasteiger partial charge in [-0.2, -0.15) is 0 Å². The maximum atomic E-state index is 12.5. The molecular formula is C30H30N4O2. The second kappa shape index (κ2) is 12.0. The summed E-state index contributed by atoms with van der Waals surface area (Å²) in [6.45, 7) is 4.16. The molecule has 0 radical (unpaired) electrons. The van der Waals surface area contributed by atoms with E-state index in [2.05, 4.69) is 28.3 Å². The van der Waals surface area contributed by atoms with Gasteiger partial charge in [0.25, 0.3) is 5.91 Å². The summed E-state index contributed by atoms with van der Waals surface area (Å²) in [6, 6.07) is 19.3. The van der Waals surface area contributed by atoms with Crippen LogP contribution in [0.1, 0.15) is 59.8 Å². The Morgan fingerprint density at radius 1 is 0.944 bits per heavy atom. The molecule has 0 fully saturated rings. The molecule has 1 amide bonds. The molecule has 0 aliphatic rings. The molecule has 6 nitrogen and oxygen atoms in total. The van der Waals surface area contributed by atoms with E-state index in [9.17, 15) is 9.59 Å². The number of nitrogens with one attached hydrogen (secondary N) is 1. The first-order valence-corrected chi connectivity index (χ1v) is 12.2. The van der Waals surface area contributed by atoms with Gasteiger partial charge in [0.15, 0.2) is 0 Å². The number of hydrogen-bond donors (Lipinski definition) is 1. The number of nitrogens with zero attached hydrogens (tertiary/aromatic N) is 3. The van der Waals surface area contributed by atoms with Gasteiger partial charge in [0.1, 0.15) is 5.78 Å². The van der Waals surface area contributed by atoms with Gasteiger partial charge < -0.3 is 5.32 Å². The average molecular weight is 479 g/mol. The molecule has 0 spiro atoms. The molecule has 36 heavy (non-hydrogen) atoms. The lowest BCUT2D eigenvalue weighted by Crippen LogP contribution is -2.12. The van der Waals surface area contributed by atoms with Crippen LogP contribution in [0.2, 0.25) is 0 Å². The molecule has 1 N–H and O–H groups in total. The van der Waals surface area contributed by atoms with Crippen LogP contribution in [0, 0.1) is 0 Å². The lowest BCUT2D eigenvalue weighted by Gasteiger charge is -2.14. The van der Waals surface area contributed by atoms with Crippen LogP contribution in [-0.2, 0) is 17.6 Å². The van der Waals surface area contributed by atoms with E-state index in [4.69, 9.17) is 4.98 Å². The number of pyridine rings is 1. The summed E-state index contributed by atoms with van der Waals surface area (Å²) in [6.07, 6.45) is 9.43. The van der Waals surface area contributed by atoms with Crippen molar-refractivity contribution in [2.75, 3.05) is 5.32 Å². The summed E-state index contributed by atoms with van der Waals surface area (Å²) in [5.74, 6) is 0.255. The maximum absolute atomic E-state index is 12.5. The van der Waals surface area contributed by atoms with Gasteiger partial charge in [-0.25, -0.2) is 4.98 Å². The van der Waals surface area contributed by atoms with Crippen LogP contribution in [0.3, 0.4) is 0 Å². The monoisotopic (exact) mass is 478 g/mol. The van der Waals surface area contributed by atoms with Gasteiger partial charge >= 0.3 is 0 Å². The number of carbonyl (C=O) groups is 2. The highest BCUT2D eigenvalue weighted by Gasteiger charge is 2.12. The summed E-state index contributed by atoms with van der Waals surface area (Å²) in [5, 5.41) is 2.94. The molecule has 0 unspecified atom stereocenters. The predicted octanol–water partition coefficient (Wildman–Crippen LogP) is 6.05. The zero-order valence-corrected chi connectivity index (χ0v) is 20.6. The van der Waals surface area contributed by atoms with Crippen molar-refractivity contribution in [1.82, 2.24) is 15.0 Å². The highest BCUT2D eigenvalue weighted by Crippen LogP contribution is 2.24. The molecule has 0 saturated carbocycles. The van der Waals surface area contributed by atoms with Crippen LogP contribution in [0.15, 0.2) is 85.5 Å². The highest BCUT2D eigenvalue weighted by atomic mass is 16.1. The molecule has 6 heteroatoms. The van der Waals surface area contributed by atoms with Gasteiger partial charge in [-0.3, -0.25) is 19.6 Å². The Morgan fingerprint density at radius 2 is 1.78 bits per heavy atom. The topological polar surface area (TPSA) is 84.8 Å². The SMILES string of the molecule is CCCC(=O)Cc1ccc(-c2cncc(C[C@@H](C)c3cccc(NC(=O)c4cccnc4)c3)n2)cc1. The number of anilines is 1. The van der Waals surface area contributed by atoms with E-state index in [1.807, 2.05) is 49.4 Å². The summed E-state index contributed by atoms with van der Waals surface area (Å²) in [7, 11) is 0. The largest absolute Gasteiger partial charge is 0.322 e. The second-order valence-corrected chi connectivity index (χ2v) is 8.98. The third-order valence-electron chi connectivity index (χ3n) is 6.02. The first-order chi connectivity index (χ1) is 17.5. The zero-order chi connectivity index (χ0) is 25.3. The normalized spacial score (nSPS) is 11.6. The molecule has 0 aliphatic heterocycles. The van der Waals surface area contributed by atoms with E-state index in [0.29, 0.717) is 24.8 Å². The minimum atomic E-state index is -0.188. The van der Waals surface area contributed by atoms with Crippen molar-refractivity contribution >= 4 is 17.4 Å². The van der Waals surface area contributed by atoms with Crippen molar-refractivity contribution in [1.29, 1.82) is 0 Å². The van der Waals surface area contributed by atoms with Gasteiger partial charge in [-0.05, 0) is 54.2 Å².